The van der Waals surface area contributed by atoms with Gasteiger partial charge in [-0.05, 0) is 72.9 Å². The Balaban J connectivity index is 1.37. The summed E-state index contributed by atoms with van der Waals surface area (Å²) >= 11 is 5.90. The van der Waals surface area contributed by atoms with Gasteiger partial charge in [0.25, 0.3) is 0 Å². The van der Waals surface area contributed by atoms with Gasteiger partial charge in [-0.2, -0.15) is 0 Å². The van der Waals surface area contributed by atoms with Gasteiger partial charge in [0.15, 0.2) is 5.11 Å². The molecule has 0 aliphatic carbocycles. The van der Waals surface area contributed by atoms with Crippen LogP contribution in [0.2, 0.25) is 0 Å². The lowest BCUT2D eigenvalue weighted by Gasteiger charge is -2.31. The van der Waals surface area contributed by atoms with E-state index in [9.17, 15) is 0 Å². The van der Waals surface area contributed by atoms with Crippen LogP contribution in [-0.2, 0) is 11.3 Å². The molecule has 178 valence electrons. The first-order valence-electron chi connectivity index (χ1n) is 11.9. The number of hydrogen-bond donors (Lipinski definition) is 1. The summed E-state index contributed by atoms with van der Waals surface area (Å²) in [6.45, 7) is 4.00. The fraction of sp³-hybridized carbons (Fsp3) is 0.259. The zero-order valence-corrected chi connectivity index (χ0v) is 20.1. The van der Waals surface area contributed by atoms with Gasteiger partial charge in [0.2, 0.25) is 0 Å². The van der Waals surface area contributed by atoms with Crippen LogP contribution in [-0.4, -0.2) is 41.0 Å². The van der Waals surface area contributed by atoms with E-state index >= 15 is 0 Å². The number of furan rings is 1. The summed E-state index contributed by atoms with van der Waals surface area (Å²) in [6, 6.07) is 22.7. The number of nitrogens with zero attached hydrogens (tertiary/aromatic N) is 4. The molecule has 8 heteroatoms. The minimum absolute atomic E-state index is 0.0726. The lowest BCUT2D eigenvalue weighted by molar-refractivity contribution is 0.122. The predicted molar refractivity (Wildman–Crippen MR) is 140 cm³/mol. The van der Waals surface area contributed by atoms with Gasteiger partial charge in [0.05, 0.1) is 37.8 Å². The van der Waals surface area contributed by atoms with Gasteiger partial charge >= 0.3 is 0 Å². The van der Waals surface area contributed by atoms with Crippen LogP contribution in [0.5, 0.6) is 0 Å². The van der Waals surface area contributed by atoms with Crippen molar-refractivity contribution in [1.29, 1.82) is 0 Å². The van der Waals surface area contributed by atoms with Crippen molar-refractivity contribution in [2.75, 3.05) is 36.1 Å². The largest absolute Gasteiger partial charge is 0.467 e. The minimum atomic E-state index is -0.0899. The van der Waals surface area contributed by atoms with Crippen LogP contribution in [0.4, 0.5) is 11.4 Å². The van der Waals surface area contributed by atoms with Gasteiger partial charge in [0, 0.05) is 42.6 Å². The molecule has 4 aromatic rings. The van der Waals surface area contributed by atoms with Crippen LogP contribution < -0.4 is 15.1 Å². The molecule has 3 aromatic heterocycles. The van der Waals surface area contributed by atoms with Crippen molar-refractivity contribution in [3.63, 3.8) is 0 Å². The van der Waals surface area contributed by atoms with Crippen LogP contribution in [0.15, 0.2) is 89.8 Å². The Labute approximate surface area is 209 Å². The van der Waals surface area contributed by atoms with Crippen LogP contribution in [0, 0.1) is 0 Å². The fourth-order valence-corrected chi connectivity index (χ4v) is 5.34. The zero-order chi connectivity index (χ0) is 23.6. The third kappa shape index (κ3) is 4.31. The molecular formula is C27H27N5O2S. The van der Waals surface area contributed by atoms with E-state index in [1.807, 2.05) is 30.5 Å². The monoisotopic (exact) mass is 485 g/mol. The van der Waals surface area contributed by atoms with Crippen LogP contribution in [0.1, 0.15) is 29.2 Å². The third-order valence-corrected chi connectivity index (χ3v) is 6.99. The average molecular weight is 486 g/mol. The SMILES string of the molecule is S=C1N[C@@H](c2ccccn2)[C@@H](c2cccn2Cc2ccco2)N1c1ccc(N2CCOCC2)cc1. The van der Waals surface area contributed by atoms with Gasteiger partial charge in [-0.1, -0.05) is 6.07 Å². The number of morpholine rings is 1. The van der Waals surface area contributed by atoms with Gasteiger partial charge in [-0.15, -0.1) is 0 Å². The summed E-state index contributed by atoms with van der Waals surface area (Å²) in [5.41, 5.74) is 4.35. The minimum Gasteiger partial charge on any atom is -0.467 e. The first kappa shape index (κ1) is 21.9. The highest BCUT2D eigenvalue weighted by molar-refractivity contribution is 7.80. The molecule has 1 N–H and O–H groups in total. The molecule has 5 heterocycles. The number of rotatable bonds is 6. The molecule has 0 amide bonds. The number of aromatic nitrogens is 2. The molecule has 2 aliphatic rings. The maximum absolute atomic E-state index is 5.90. The normalized spacial score (nSPS) is 20.3. The molecule has 0 spiro atoms. The molecule has 0 radical (unpaired) electrons. The van der Waals surface area contributed by atoms with Crippen molar-refractivity contribution >= 4 is 28.7 Å². The van der Waals surface area contributed by atoms with Gasteiger partial charge in [-0.25, -0.2) is 0 Å². The Morgan fingerprint density at radius 2 is 1.77 bits per heavy atom. The molecule has 6 rings (SSSR count). The lowest BCUT2D eigenvalue weighted by Crippen LogP contribution is -2.36. The second-order valence-electron chi connectivity index (χ2n) is 8.75. The predicted octanol–water partition coefficient (Wildman–Crippen LogP) is 4.54. The van der Waals surface area contributed by atoms with E-state index in [1.165, 1.54) is 5.69 Å². The highest BCUT2D eigenvalue weighted by atomic mass is 32.1. The van der Waals surface area contributed by atoms with Crippen molar-refractivity contribution in [2.45, 2.75) is 18.6 Å². The molecule has 35 heavy (non-hydrogen) atoms. The number of hydrogen-bond acceptors (Lipinski definition) is 5. The van der Waals surface area contributed by atoms with E-state index < -0.39 is 0 Å². The van der Waals surface area contributed by atoms with Crippen molar-refractivity contribution in [3.8, 4) is 0 Å². The number of benzene rings is 1. The summed E-state index contributed by atoms with van der Waals surface area (Å²) < 4.78 is 13.4. The van der Waals surface area contributed by atoms with Crippen LogP contribution >= 0.6 is 12.2 Å². The van der Waals surface area contributed by atoms with Gasteiger partial charge in [0.1, 0.15) is 11.8 Å². The van der Waals surface area contributed by atoms with Crippen molar-refractivity contribution in [1.82, 2.24) is 14.9 Å². The van der Waals surface area contributed by atoms with Crippen molar-refractivity contribution in [3.05, 3.63) is 103 Å². The highest BCUT2D eigenvalue weighted by Crippen LogP contribution is 2.42. The second kappa shape index (κ2) is 9.56. The van der Waals surface area contributed by atoms with Gasteiger partial charge in [-0.3, -0.25) is 4.98 Å². The molecule has 2 atom stereocenters. The quantitative estimate of drug-likeness (QED) is 0.403. The van der Waals surface area contributed by atoms with E-state index in [1.54, 1.807) is 6.26 Å². The maximum atomic E-state index is 5.90. The van der Waals surface area contributed by atoms with Crippen LogP contribution in [0.25, 0.3) is 0 Å². The molecule has 1 aromatic carbocycles. The molecule has 2 aliphatic heterocycles. The van der Waals surface area contributed by atoms with Crippen molar-refractivity contribution in [2.24, 2.45) is 0 Å². The van der Waals surface area contributed by atoms with E-state index in [0.29, 0.717) is 11.7 Å². The molecule has 2 fully saturated rings. The fourth-order valence-electron chi connectivity index (χ4n) is 4.99. The topological polar surface area (TPSA) is 58.7 Å². The third-order valence-electron chi connectivity index (χ3n) is 6.68. The number of nitrogens with one attached hydrogen (secondary N) is 1. The Hall–Kier alpha value is -3.62. The molecule has 0 saturated carbocycles. The summed E-state index contributed by atoms with van der Waals surface area (Å²) in [5, 5.41) is 4.24. The number of pyridine rings is 1. The lowest BCUT2D eigenvalue weighted by atomic mass is 10.0. The first-order chi connectivity index (χ1) is 17.3. The molecule has 0 bridgehead atoms. The molecule has 0 unspecified atom stereocenters. The Kier molecular flexibility index (Phi) is 5.98. The van der Waals surface area contributed by atoms with E-state index in [4.69, 9.17) is 21.4 Å². The molecular weight excluding hydrogens is 458 g/mol. The van der Waals surface area contributed by atoms with E-state index in [-0.39, 0.29) is 12.1 Å². The van der Waals surface area contributed by atoms with E-state index in [2.05, 4.69) is 73.3 Å². The van der Waals surface area contributed by atoms with Gasteiger partial charge < -0.3 is 28.8 Å². The van der Waals surface area contributed by atoms with Crippen LogP contribution in [0.3, 0.4) is 0 Å². The van der Waals surface area contributed by atoms with E-state index in [0.717, 1.165) is 49.1 Å². The number of thiocarbonyl (C=S) groups is 1. The summed E-state index contributed by atoms with van der Waals surface area (Å²) in [7, 11) is 0. The molecule has 7 nitrogen and oxygen atoms in total. The summed E-state index contributed by atoms with van der Waals surface area (Å²) in [5.74, 6) is 0.909. The number of ether oxygens (including phenoxy) is 1. The Bertz CT molecular complexity index is 1270. The summed E-state index contributed by atoms with van der Waals surface area (Å²) in [6.07, 6.45) is 5.64. The standard InChI is InChI=1S/C27H27N5O2S/c35-27-29-25(23-6-1-2-12-28-23)26(24-7-3-13-31(24)19-22-5-4-16-34-22)32(27)21-10-8-20(9-11-21)30-14-17-33-18-15-30/h1-13,16,25-26H,14-15,17-19H2,(H,29,35)/t25-,26+/m0/s1. The number of anilines is 2. The maximum Gasteiger partial charge on any atom is 0.174 e. The Morgan fingerprint density at radius 3 is 2.51 bits per heavy atom. The van der Waals surface area contributed by atoms with Crippen molar-refractivity contribution < 1.29 is 9.15 Å². The first-order valence-corrected chi connectivity index (χ1v) is 12.3. The Morgan fingerprint density at radius 1 is 0.943 bits per heavy atom. The second-order valence-corrected chi connectivity index (χ2v) is 9.14. The molecule has 2 saturated heterocycles. The zero-order valence-electron chi connectivity index (χ0n) is 19.3. The highest BCUT2D eigenvalue weighted by Gasteiger charge is 2.42. The summed E-state index contributed by atoms with van der Waals surface area (Å²) in [4.78, 5) is 9.24. The average Bonchev–Trinajstić information content (AvgIpc) is 3.66. The smallest absolute Gasteiger partial charge is 0.174 e.